The van der Waals surface area contributed by atoms with Crippen molar-refractivity contribution >= 4 is 39.3 Å². The number of ether oxygens (including phenoxy) is 2. The van der Waals surface area contributed by atoms with Crippen LogP contribution in [-0.2, 0) is 0 Å². The molecule has 1 fully saturated rings. The van der Waals surface area contributed by atoms with Crippen LogP contribution >= 0.6 is 22.6 Å². The van der Waals surface area contributed by atoms with Gasteiger partial charge in [-0.3, -0.25) is 0 Å². The zero-order chi connectivity index (χ0) is 15.5. The molecule has 0 unspecified atom stereocenters. The molecule has 5 nitrogen and oxygen atoms in total. The van der Waals surface area contributed by atoms with Gasteiger partial charge >= 0.3 is 0 Å². The second kappa shape index (κ2) is 6.85. The highest BCUT2D eigenvalue weighted by molar-refractivity contribution is 14.1. The first kappa shape index (κ1) is 15.6. The number of methoxy groups -OCH3 is 2. The van der Waals surface area contributed by atoms with Crippen LogP contribution in [0.3, 0.4) is 0 Å². The van der Waals surface area contributed by atoms with Gasteiger partial charge in [0.1, 0.15) is 12.1 Å². The van der Waals surface area contributed by atoms with E-state index >= 15 is 0 Å². The van der Waals surface area contributed by atoms with E-state index in [1.807, 2.05) is 12.1 Å². The van der Waals surface area contributed by atoms with E-state index in [-0.39, 0.29) is 0 Å². The summed E-state index contributed by atoms with van der Waals surface area (Å²) < 4.78 is 12.0. The first-order valence-electron chi connectivity index (χ1n) is 7.44. The first-order valence-corrected chi connectivity index (χ1v) is 8.97. The molecule has 2 aromatic rings. The van der Waals surface area contributed by atoms with Crippen LogP contribution in [0, 0.1) is 5.92 Å². The lowest BCUT2D eigenvalue weighted by Gasteiger charge is -2.32. The summed E-state index contributed by atoms with van der Waals surface area (Å²) in [5.41, 5.74) is 0.888. The molecule has 22 heavy (non-hydrogen) atoms. The predicted octanol–water partition coefficient (Wildman–Crippen LogP) is 3.30. The molecule has 3 rings (SSSR count). The van der Waals surface area contributed by atoms with Crippen molar-refractivity contribution in [1.82, 2.24) is 9.97 Å². The molecule has 2 heterocycles. The molecule has 0 N–H and O–H groups in total. The van der Waals surface area contributed by atoms with Crippen LogP contribution in [0.25, 0.3) is 10.9 Å². The number of hydrogen-bond acceptors (Lipinski definition) is 5. The predicted molar refractivity (Wildman–Crippen MR) is 96.5 cm³/mol. The van der Waals surface area contributed by atoms with Gasteiger partial charge in [-0.25, -0.2) is 9.97 Å². The van der Waals surface area contributed by atoms with E-state index in [1.54, 1.807) is 20.5 Å². The maximum Gasteiger partial charge on any atom is 0.162 e. The molecule has 6 heteroatoms. The summed E-state index contributed by atoms with van der Waals surface area (Å²) in [4.78, 5) is 11.3. The summed E-state index contributed by atoms with van der Waals surface area (Å²) >= 11 is 2.49. The van der Waals surface area contributed by atoms with Gasteiger partial charge in [0.15, 0.2) is 11.5 Å². The van der Waals surface area contributed by atoms with Crippen LogP contribution in [0.2, 0.25) is 0 Å². The lowest BCUT2D eigenvalue weighted by Crippen LogP contribution is -2.34. The Bertz CT molecular complexity index is 657. The van der Waals surface area contributed by atoms with E-state index in [0.29, 0.717) is 11.5 Å². The minimum absolute atomic E-state index is 0.697. The molecule has 118 valence electrons. The molecular weight excluding hydrogens is 393 g/mol. The summed E-state index contributed by atoms with van der Waals surface area (Å²) in [6.45, 7) is 2.10. The van der Waals surface area contributed by atoms with Crippen molar-refractivity contribution < 1.29 is 9.47 Å². The van der Waals surface area contributed by atoms with Gasteiger partial charge in [0, 0.05) is 29.0 Å². The average molecular weight is 413 g/mol. The van der Waals surface area contributed by atoms with Gasteiger partial charge in [-0.1, -0.05) is 22.6 Å². The fourth-order valence-corrected chi connectivity index (χ4v) is 3.80. The monoisotopic (exact) mass is 413 g/mol. The van der Waals surface area contributed by atoms with E-state index in [1.165, 1.54) is 17.3 Å². The van der Waals surface area contributed by atoms with Crippen LogP contribution in [0.4, 0.5) is 5.82 Å². The third-order valence-corrected chi connectivity index (χ3v) is 5.50. The van der Waals surface area contributed by atoms with E-state index < -0.39 is 0 Å². The second-order valence-corrected chi connectivity index (χ2v) is 6.39. The molecule has 0 atom stereocenters. The summed E-state index contributed by atoms with van der Waals surface area (Å²) in [5, 5.41) is 1.02. The number of piperidine rings is 1. The van der Waals surface area contributed by atoms with Gasteiger partial charge in [0.05, 0.1) is 19.7 Å². The summed E-state index contributed by atoms with van der Waals surface area (Å²) in [5.74, 6) is 3.24. The lowest BCUT2D eigenvalue weighted by atomic mass is 9.99. The van der Waals surface area contributed by atoms with E-state index in [0.717, 1.165) is 35.7 Å². The number of nitrogens with zero attached hydrogens (tertiary/aromatic N) is 3. The number of fused-ring (bicyclic) bond motifs is 1. The zero-order valence-corrected chi connectivity index (χ0v) is 15.0. The third kappa shape index (κ3) is 2.93. The molecular formula is C16H20IN3O2. The standard InChI is InChI=1S/C16H20IN3O2/c1-21-14-7-12-13(8-15(14)22-2)18-10-19-16(12)20-5-3-11(9-17)4-6-20/h7-8,10-11H,3-6,9H2,1-2H3. The average Bonchev–Trinajstić information content (AvgIpc) is 2.60. The van der Waals surface area contributed by atoms with Crippen molar-refractivity contribution in [3.05, 3.63) is 18.5 Å². The number of aromatic nitrogens is 2. The first-order chi connectivity index (χ1) is 10.8. The van der Waals surface area contributed by atoms with E-state index in [2.05, 4.69) is 37.5 Å². The Kier molecular flexibility index (Phi) is 4.85. The summed E-state index contributed by atoms with van der Waals surface area (Å²) in [6.07, 6.45) is 4.08. The highest BCUT2D eigenvalue weighted by atomic mass is 127. The quantitative estimate of drug-likeness (QED) is 0.569. The smallest absolute Gasteiger partial charge is 0.162 e. The Labute approximate surface area is 144 Å². The lowest BCUT2D eigenvalue weighted by molar-refractivity contribution is 0.355. The van der Waals surface area contributed by atoms with Gasteiger partial charge in [-0.05, 0) is 24.8 Å². The van der Waals surface area contributed by atoms with Gasteiger partial charge in [0.25, 0.3) is 0 Å². The van der Waals surface area contributed by atoms with Crippen LogP contribution in [0.5, 0.6) is 11.5 Å². The van der Waals surface area contributed by atoms with Crippen molar-refractivity contribution in [2.75, 3.05) is 36.6 Å². The maximum absolute atomic E-state index is 5.42. The Morgan fingerprint density at radius 3 is 2.45 bits per heavy atom. The van der Waals surface area contributed by atoms with Gasteiger partial charge in [-0.15, -0.1) is 0 Å². The van der Waals surface area contributed by atoms with Crippen LogP contribution in [-0.4, -0.2) is 41.7 Å². The molecule has 0 saturated carbocycles. The van der Waals surface area contributed by atoms with Gasteiger partial charge in [0.2, 0.25) is 0 Å². The SMILES string of the molecule is COc1cc2ncnc(N3CCC(CI)CC3)c2cc1OC. The fraction of sp³-hybridized carbons (Fsp3) is 0.500. The van der Waals surface area contributed by atoms with Crippen molar-refractivity contribution in [3.8, 4) is 11.5 Å². The number of hydrogen-bond donors (Lipinski definition) is 0. The van der Waals surface area contributed by atoms with Crippen molar-refractivity contribution in [3.63, 3.8) is 0 Å². The molecule has 1 aromatic carbocycles. The normalized spacial score (nSPS) is 16.0. The van der Waals surface area contributed by atoms with Gasteiger partial charge < -0.3 is 14.4 Å². The Hall–Kier alpha value is -1.31. The molecule has 1 saturated heterocycles. The number of halogens is 1. The zero-order valence-electron chi connectivity index (χ0n) is 12.9. The van der Waals surface area contributed by atoms with Crippen molar-refractivity contribution in [1.29, 1.82) is 0 Å². The molecule has 0 radical (unpaired) electrons. The highest BCUT2D eigenvalue weighted by Gasteiger charge is 2.21. The van der Waals surface area contributed by atoms with Crippen LogP contribution in [0.15, 0.2) is 18.5 Å². The molecule has 0 amide bonds. The van der Waals surface area contributed by atoms with Crippen LogP contribution < -0.4 is 14.4 Å². The van der Waals surface area contributed by atoms with Crippen LogP contribution in [0.1, 0.15) is 12.8 Å². The summed E-state index contributed by atoms with van der Waals surface area (Å²) in [6, 6.07) is 3.89. The maximum atomic E-state index is 5.42. The fourth-order valence-electron chi connectivity index (χ4n) is 2.92. The Morgan fingerprint density at radius 2 is 1.82 bits per heavy atom. The minimum atomic E-state index is 0.697. The Morgan fingerprint density at radius 1 is 1.14 bits per heavy atom. The highest BCUT2D eigenvalue weighted by Crippen LogP contribution is 2.35. The third-order valence-electron chi connectivity index (χ3n) is 4.25. The topological polar surface area (TPSA) is 47.5 Å². The number of benzene rings is 1. The van der Waals surface area contributed by atoms with Crippen molar-refractivity contribution in [2.45, 2.75) is 12.8 Å². The molecule has 0 aliphatic carbocycles. The second-order valence-electron chi connectivity index (χ2n) is 5.51. The largest absolute Gasteiger partial charge is 0.493 e. The van der Waals surface area contributed by atoms with E-state index in [9.17, 15) is 0 Å². The number of anilines is 1. The van der Waals surface area contributed by atoms with Gasteiger partial charge in [-0.2, -0.15) is 0 Å². The molecule has 0 spiro atoms. The molecule has 1 aliphatic rings. The van der Waals surface area contributed by atoms with Crippen molar-refractivity contribution in [2.24, 2.45) is 5.92 Å². The molecule has 1 aromatic heterocycles. The number of alkyl halides is 1. The number of rotatable bonds is 4. The van der Waals surface area contributed by atoms with E-state index in [4.69, 9.17) is 9.47 Å². The molecule has 1 aliphatic heterocycles. The Balaban J connectivity index is 1.99. The minimum Gasteiger partial charge on any atom is -0.493 e. The molecule has 0 bridgehead atoms. The summed E-state index contributed by atoms with van der Waals surface area (Å²) in [7, 11) is 3.29.